The Morgan fingerprint density at radius 2 is 1.33 bits per heavy atom. The van der Waals surface area contributed by atoms with Crippen LogP contribution in [-0.2, 0) is 0 Å². The summed E-state index contributed by atoms with van der Waals surface area (Å²) in [5.74, 6) is 1.22. The van der Waals surface area contributed by atoms with Crippen molar-refractivity contribution in [2.24, 2.45) is 5.92 Å². The summed E-state index contributed by atoms with van der Waals surface area (Å²) < 4.78 is 0. The fourth-order valence-corrected chi connectivity index (χ4v) is 7.25. The monoisotopic (exact) mass is 475 g/mol. The Hall–Kier alpha value is -2.52. The van der Waals surface area contributed by atoms with Gasteiger partial charge in [-0.15, -0.1) is 0 Å². The Kier molecular flexibility index (Phi) is 7.46. The van der Waals surface area contributed by atoms with Crippen molar-refractivity contribution in [1.82, 2.24) is 4.90 Å². The van der Waals surface area contributed by atoms with Crippen LogP contribution in [0.15, 0.2) is 78.9 Å². The van der Waals surface area contributed by atoms with E-state index in [2.05, 4.69) is 96.4 Å². The summed E-state index contributed by atoms with van der Waals surface area (Å²) in [5, 5.41) is 3.86. The van der Waals surface area contributed by atoms with Crippen LogP contribution in [0.25, 0.3) is 0 Å². The molecule has 1 N–H and O–H groups in total. The summed E-state index contributed by atoms with van der Waals surface area (Å²) >= 11 is 0. The van der Waals surface area contributed by atoms with E-state index in [4.69, 9.17) is 0 Å². The fraction of sp³-hybridized carbons (Fsp3) is 0.455. The van der Waals surface area contributed by atoms with Crippen molar-refractivity contribution in [2.45, 2.75) is 75.8 Å². The molecule has 3 aromatic rings. The van der Waals surface area contributed by atoms with Crippen molar-refractivity contribution in [3.05, 3.63) is 90.0 Å². The molecule has 3 heteroatoms. The zero-order valence-corrected chi connectivity index (χ0v) is 21.6. The SMILES string of the molecule is [B]1c2ccccc2C(C2CCCN(C3CCCCCC(Nc4ccccc4)CC3)C2)c2ccccc21. The zero-order chi connectivity index (χ0) is 24.2. The van der Waals surface area contributed by atoms with Crippen LogP contribution in [0.4, 0.5) is 5.69 Å². The normalized spacial score (nSPS) is 25.4. The summed E-state index contributed by atoms with van der Waals surface area (Å²) in [6, 6.07) is 30.5. The number of rotatable bonds is 4. The second-order valence-corrected chi connectivity index (χ2v) is 11.4. The Morgan fingerprint density at radius 3 is 2.11 bits per heavy atom. The molecule has 3 aromatic carbocycles. The second-order valence-electron chi connectivity index (χ2n) is 11.4. The predicted molar refractivity (Wildman–Crippen MR) is 154 cm³/mol. The van der Waals surface area contributed by atoms with Gasteiger partial charge in [-0.1, -0.05) is 96.9 Å². The highest BCUT2D eigenvalue weighted by atomic mass is 15.2. The molecular formula is C33H40BN2. The van der Waals surface area contributed by atoms with Gasteiger partial charge in [-0.25, -0.2) is 0 Å². The van der Waals surface area contributed by atoms with Gasteiger partial charge in [0, 0.05) is 30.2 Å². The lowest BCUT2D eigenvalue weighted by Crippen LogP contribution is -2.48. The zero-order valence-electron chi connectivity index (χ0n) is 21.6. The van der Waals surface area contributed by atoms with E-state index >= 15 is 0 Å². The maximum atomic E-state index is 3.86. The van der Waals surface area contributed by atoms with E-state index in [-0.39, 0.29) is 0 Å². The van der Waals surface area contributed by atoms with Crippen molar-refractivity contribution < 1.29 is 0 Å². The molecule has 6 rings (SSSR count). The molecule has 3 unspecified atom stereocenters. The first-order valence-electron chi connectivity index (χ1n) is 14.4. The van der Waals surface area contributed by atoms with E-state index in [1.54, 1.807) is 11.1 Å². The van der Waals surface area contributed by atoms with Gasteiger partial charge in [-0.05, 0) is 74.2 Å². The second kappa shape index (κ2) is 11.3. The van der Waals surface area contributed by atoms with Gasteiger partial charge in [0.25, 0.3) is 0 Å². The molecule has 2 fully saturated rings. The van der Waals surface area contributed by atoms with Crippen LogP contribution in [0.2, 0.25) is 0 Å². The molecule has 3 atom stereocenters. The number of hydrogen-bond donors (Lipinski definition) is 1. The van der Waals surface area contributed by atoms with Crippen molar-refractivity contribution in [2.75, 3.05) is 18.4 Å². The van der Waals surface area contributed by atoms with Gasteiger partial charge in [-0.3, -0.25) is 0 Å². The molecule has 2 heterocycles. The van der Waals surface area contributed by atoms with Crippen LogP contribution in [0.3, 0.4) is 0 Å². The molecule has 3 aliphatic rings. The Balaban J connectivity index is 1.19. The van der Waals surface area contributed by atoms with Gasteiger partial charge < -0.3 is 10.2 Å². The highest BCUT2D eigenvalue weighted by molar-refractivity contribution is 6.69. The van der Waals surface area contributed by atoms with Crippen LogP contribution in [-0.4, -0.2) is 37.4 Å². The van der Waals surface area contributed by atoms with Crippen LogP contribution < -0.4 is 16.2 Å². The van der Waals surface area contributed by atoms with Crippen molar-refractivity contribution >= 4 is 23.9 Å². The van der Waals surface area contributed by atoms with Crippen LogP contribution in [0.5, 0.6) is 0 Å². The lowest BCUT2D eigenvalue weighted by Gasteiger charge is -2.43. The van der Waals surface area contributed by atoms with Crippen molar-refractivity contribution in [3.8, 4) is 0 Å². The Labute approximate surface area is 218 Å². The average Bonchev–Trinajstić information content (AvgIpc) is 3.05. The van der Waals surface area contributed by atoms with Crippen molar-refractivity contribution in [3.63, 3.8) is 0 Å². The third-order valence-electron chi connectivity index (χ3n) is 9.03. The minimum atomic E-state index is 0.522. The van der Waals surface area contributed by atoms with Gasteiger partial charge >= 0.3 is 0 Å². The molecule has 2 aliphatic heterocycles. The van der Waals surface area contributed by atoms with Crippen LogP contribution in [0, 0.1) is 5.92 Å². The number of para-hydroxylation sites is 1. The van der Waals surface area contributed by atoms with E-state index in [1.165, 1.54) is 87.5 Å². The topological polar surface area (TPSA) is 15.3 Å². The number of benzene rings is 3. The van der Waals surface area contributed by atoms with Gasteiger partial charge in [0.15, 0.2) is 7.28 Å². The molecule has 0 amide bonds. The molecular weight excluding hydrogens is 435 g/mol. The maximum absolute atomic E-state index is 3.86. The molecule has 185 valence electrons. The highest BCUT2D eigenvalue weighted by Crippen LogP contribution is 2.38. The molecule has 0 spiro atoms. The number of anilines is 1. The third-order valence-corrected chi connectivity index (χ3v) is 9.03. The number of piperidine rings is 1. The minimum Gasteiger partial charge on any atom is -0.382 e. The summed E-state index contributed by atoms with van der Waals surface area (Å²) in [6.45, 7) is 2.52. The summed E-state index contributed by atoms with van der Waals surface area (Å²) in [7, 11) is 2.40. The molecule has 2 nitrogen and oxygen atoms in total. The summed E-state index contributed by atoms with van der Waals surface area (Å²) in [5.41, 5.74) is 7.23. The van der Waals surface area contributed by atoms with E-state index < -0.39 is 0 Å². The molecule has 1 saturated carbocycles. The lowest BCUT2D eigenvalue weighted by molar-refractivity contribution is 0.102. The minimum absolute atomic E-state index is 0.522. The molecule has 0 aromatic heterocycles. The molecule has 1 aliphatic carbocycles. The third kappa shape index (κ3) is 5.27. The lowest BCUT2D eigenvalue weighted by atomic mass is 9.52. The van der Waals surface area contributed by atoms with Crippen LogP contribution >= 0.6 is 0 Å². The Bertz CT molecular complexity index is 1080. The number of fused-ring (bicyclic) bond motifs is 2. The van der Waals surface area contributed by atoms with E-state index in [1.807, 2.05) is 0 Å². The first-order valence-corrected chi connectivity index (χ1v) is 14.4. The van der Waals surface area contributed by atoms with Crippen LogP contribution in [0.1, 0.15) is 74.8 Å². The van der Waals surface area contributed by atoms with Gasteiger partial charge in [0.1, 0.15) is 0 Å². The average molecular weight is 476 g/mol. The summed E-state index contributed by atoms with van der Waals surface area (Å²) in [4.78, 5) is 2.91. The quantitative estimate of drug-likeness (QED) is 0.460. The number of nitrogens with zero attached hydrogens (tertiary/aromatic N) is 1. The van der Waals surface area contributed by atoms with Crippen molar-refractivity contribution in [1.29, 1.82) is 0 Å². The first-order chi connectivity index (χ1) is 17.8. The summed E-state index contributed by atoms with van der Waals surface area (Å²) in [6.07, 6.45) is 12.1. The number of likely N-dealkylation sites (tertiary alicyclic amines) is 1. The molecule has 0 bridgehead atoms. The van der Waals surface area contributed by atoms with E-state index in [9.17, 15) is 0 Å². The van der Waals surface area contributed by atoms with Gasteiger partial charge in [0.05, 0.1) is 0 Å². The van der Waals surface area contributed by atoms with E-state index in [0.717, 1.165) is 6.04 Å². The maximum Gasteiger partial charge on any atom is 0.192 e. The predicted octanol–water partition coefficient (Wildman–Crippen LogP) is 6.09. The fourth-order valence-electron chi connectivity index (χ4n) is 7.25. The molecule has 36 heavy (non-hydrogen) atoms. The highest BCUT2D eigenvalue weighted by Gasteiger charge is 2.36. The molecule has 1 saturated heterocycles. The largest absolute Gasteiger partial charge is 0.382 e. The number of nitrogens with one attached hydrogen (secondary N) is 1. The standard InChI is InChI=1S/C33H40BN2/c1-3-13-26(14-4-1)35-27-15-5-2-6-16-28(22-21-27)36-23-11-12-25(24-36)33-29-17-7-9-19-31(29)34-32-20-10-8-18-30(32)33/h1,3-4,7-10,13-14,17-20,25,27-28,33,35H,2,5-6,11-12,15-16,21-24H2. The van der Waals surface area contributed by atoms with Gasteiger partial charge in [0.2, 0.25) is 0 Å². The number of hydrogen-bond acceptors (Lipinski definition) is 2. The van der Waals surface area contributed by atoms with Gasteiger partial charge in [-0.2, -0.15) is 0 Å². The first kappa shape index (κ1) is 23.9. The van der Waals surface area contributed by atoms with E-state index in [0.29, 0.717) is 17.9 Å². The Morgan fingerprint density at radius 1 is 0.639 bits per heavy atom. The smallest absolute Gasteiger partial charge is 0.192 e. The molecule has 1 radical (unpaired) electrons.